The lowest BCUT2D eigenvalue weighted by Gasteiger charge is -2.45. The van der Waals surface area contributed by atoms with Crippen molar-refractivity contribution in [3.8, 4) is 5.69 Å². The number of tetrazole rings is 1. The molecule has 2 aliphatic heterocycles. The highest BCUT2D eigenvalue weighted by Gasteiger charge is 2.42. The lowest BCUT2D eigenvalue weighted by atomic mass is 9.74. The van der Waals surface area contributed by atoms with Crippen LogP contribution < -0.4 is 10.6 Å². The second-order valence-corrected chi connectivity index (χ2v) is 11.1. The van der Waals surface area contributed by atoms with Gasteiger partial charge in [-0.2, -0.15) is 4.68 Å². The molecule has 1 unspecified atom stereocenters. The smallest absolute Gasteiger partial charge is 0.335 e. The number of carbonyl (C=O) groups is 3. The van der Waals surface area contributed by atoms with E-state index in [0.717, 1.165) is 32.4 Å². The third-order valence-corrected chi connectivity index (χ3v) is 8.21. The van der Waals surface area contributed by atoms with Crippen LogP contribution in [0.1, 0.15) is 42.1 Å². The molecular weight excluding hydrogens is 546 g/mol. The molecule has 3 aromatic rings. The molecule has 3 heterocycles. The van der Waals surface area contributed by atoms with Crippen LogP contribution in [0.4, 0.5) is 5.69 Å². The Kier molecular flexibility index (Phi) is 8.75. The largest absolute Gasteiger partial charge is 0.478 e. The number of nitrogens with one attached hydrogen (secondary N) is 2. The van der Waals surface area contributed by atoms with E-state index in [-0.39, 0.29) is 29.2 Å². The van der Waals surface area contributed by atoms with E-state index in [1.54, 1.807) is 41.3 Å². The molecule has 3 atom stereocenters. The van der Waals surface area contributed by atoms with Gasteiger partial charge in [0.15, 0.2) is 0 Å². The zero-order chi connectivity index (χ0) is 28.9. The zero-order valence-electron chi connectivity index (χ0n) is 22.6. The van der Waals surface area contributed by atoms with Gasteiger partial charge in [0.2, 0.25) is 11.8 Å². The third-order valence-electron chi connectivity index (χ3n) is 7.97. The monoisotopic (exact) mass is 577 g/mol. The van der Waals surface area contributed by atoms with Crippen molar-refractivity contribution in [2.75, 3.05) is 25.0 Å². The number of nitrogens with zero attached hydrogens (tertiary/aromatic N) is 5. The average Bonchev–Trinajstić information content (AvgIpc) is 3.51. The van der Waals surface area contributed by atoms with Crippen molar-refractivity contribution in [3.63, 3.8) is 0 Å². The lowest BCUT2D eigenvalue weighted by molar-refractivity contribution is -0.141. The molecule has 2 aliphatic rings. The molecule has 1 aromatic heterocycles. The van der Waals surface area contributed by atoms with Gasteiger partial charge in [0.25, 0.3) is 0 Å². The zero-order valence-corrected chi connectivity index (χ0v) is 23.4. The van der Waals surface area contributed by atoms with Crippen molar-refractivity contribution >= 4 is 41.1 Å². The van der Waals surface area contributed by atoms with Crippen LogP contribution in [0.3, 0.4) is 0 Å². The van der Waals surface area contributed by atoms with E-state index in [4.69, 9.17) is 11.6 Å². The highest BCUT2D eigenvalue weighted by atomic mass is 35.5. The van der Waals surface area contributed by atoms with E-state index < -0.39 is 12.0 Å². The van der Waals surface area contributed by atoms with Gasteiger partial charge in [0.1, 0.15) is 12.4 Å². The number of aromatic nitrogens is 4. The van der Waals surface area contributed by atoms with Crippen LogP contribution in [0.2, 0.25) is 5.02 Å². The first-order valence-corrected chi connectivity index (χ1v) is 14.0. The minimum atomic E-state index is -1.04. The Balaban J connectivity index is 1.41. The maximum atomic E-state index is 13.8. The fourth-order valence-electron chi connectivity index (χ4n) is 5.95. The van der Waals surface area contributed by atoms with Crippen LogP contribution in [0.25, 0.3) is 11.8 Å². The summed E-state index contributed by atoms with van der Waals surface area (Å²) in [6.45, 7) is 4.40. The number of carbonyl (C=O) groups excluding carboxylic acids is 2. The van der Waals surface area contributed by atoms with Gasteiger partial charge >= 0.3 is 5.97 Å². The number of rotatable bonds is 7. The van der Waals surface area contributed by atoms with E-state index >= 15 is 0 Å². The van der Waals surface area contributed by atoms with E-state index in [2.05, 4.69) is 26.2 Å². The second kappa shape index (κ2) is 12.6. The van der Waals surface area contributed by atoms with E-state index in [9.17, 15) is 19.5 Å². The lowest BCUT2D eigenvalue weighted by Crippen LogP contribution is -2.57. The molecule has 41 heavy (non-hydrogen) atoms. The summed E-state index contributed by atoms with van der Waals surface area (Å²) < 4.78 is 1.49. The summed E-state index contributed by atoms with van der Waals surface area (Å²) in [5.74, 6) is -0.944. The quantitative estimate of drug-likeness (QED) is 0.362. The van der Waals surface area contributed by atoms with Crippen LogP contribution in [0, 0.1) is 17.8 Å². The van der Waals surface area contributed by atoms with E-state index in [0.29, 0.717) is 34.4 Å². The summed E-state index contributed by atoms with van der Waals surface area (Å²) >= 11 is 6.25. The fraction of sp³-hybridized carbons (Fsp3) is 0.379. The average molecular weight is 578 g/mol. The van der Waals surface area contributed by atoms with Crippen molar-refractivity contribution < 1.29 is 19.5 Å². The molecule has 2 amide bonds. The number of hydrogen-bond donors (Lipinski definition) is 3. The van der Waals surface area contributed by atoms with Gasteiger partial charge in [-0.1, -0.05) is 18.5 Å². The summed E-state index contributed by atoms with van der Waals surface area (Å²) in [6, 6.07) is 10.5. The van der Waals surface area contributed by atoms with E-state index in [1.807, 2.05) is 6.92 Å². The molecule has 2 saturated heterocycles. The number of anilines is 1. The topological polar surface area (TPSA) is 142 Å². The van der Waals surface area contributed by atoms with Crippen molar-refractivity contribution in [2.45, 2.75) is 32.2 Å². The molecule has 2 aromatic carbocycles. The van der Waals surface area contributed by atoms with Gasteiger partial charge in [0, 0.05) is 28.9 Å². The Hall–Kier alpha value is -4.09. The molecule has 214 valence electrons. The predicted octanol–water partition coefficient (Wildman–Crippen LogP) is 3.52. The van der Waals surface area contributed by atoms with Crippen molar-refractivity contribution in [1.82, 2.24) is 30.4 Å². The van der Waals surface area contributed by atoms with Crippen LogP contribution in [0.15, 0.2) is 54.9 Å². The van der Waals surface area contributed by atoms with Crippen LogP contribution in [-0.4, -0.2) is 73.7 Å². The molecule has 0 bridgehead atoms. The first kappa shape index (κ1) is 28.4. The standard InChI is InChI=1S/C29H32ClN7O4/c1-18-14-22(19-10-12-31-13-11-19)16-36(27(18)28(39)33-24-6-2-20(3-7-24)29(40)41)26(38)9-4-21-15-23(30)5-8-25(21)37-17-32-34-35-37/h2-9,15,17-19,22,27,31H,10-14,16H2,1H3,(H,33,39)(H,40,41)/b9-4+/t18-,22?,27+/m1/s1. The van der Waals surface area contributed by atoms with Crippen LogP contribution in [0.5, 0.6) is 0 Å². The first-order chi connectivity index (χ1) is 19.8. The minimum absolute atomic E-state index is 0.0813. The minimum Gasteiger partial charge on any atom is -0.478 e. The fourth-order valence-corrected chi connectivity index (χ4v) is 6.13. The van der Waals surface area contributed by atoms with Gasteiger partial charge in [-0.25, -0.2) is 4.79 Å². The Bertz CT molecular complexity index is 1420. The van der Waals surface area contributed by atoms with Crippen molar-refractivity contribution in [3.05, 3.63) is 71.0 Å². The number of carboxylic acids is 1. The number of hydrogen-bond acceptors (Lipinski definition) is 7. The molecule has 0 spiro atoms. The molecule has 0 aliphatic carbocycles. The van der Waals surface area contributed by atoms with Gasteiger partial charge in [-0.3, -0.25) is 9.59 Å². The Labute approximate surface area is 242 Å². The highest BCUT2D eigenvalue weighted by Crippen LogP contribution is 2.36. The molecule has 0 saturated carbocycles. The number of likely N-dealkylation sites (tertiary alicyclic amines) is 1. The molecule has 3 N–H and O–H groups in total. The summed E-state index contributed by atoms with van der Waals surface area (Å²) in [5.41, 5.74) is 1.91. The number of carboxylic acid groups (broad SMARTS) is 1. The molecule has 12 heteroatoms. The molecule has 11 nitrogen and oxygen atoms in total. The van der Waals surface area contributed by atoms with Gasteiger partial charge in [-0.05, 0) is 109 Å². The number of amides is 2. The summed E-state index contributed by atoms with van der Waals surface area (Å²) in [6.07, 6.45) is 7.52. The Morgan fingerprint density at radius 2 is 1.85 bits per heavy atom. The molecule has 0 radical (unpaired) electrons. The maximum Gasteiger partial charge on any atom is 0.335 e. The summed E-state index contributed by atoms with van der Waals surface area (Å²) in [5, 5.41) is 27.3. The summed E-state index contributed by atoms with van der Waals surface area (Å²) in [7, 11) is 0. The molecule has 2 fully saturated rings. The second-order valence-electron chi connectivity index (χ2n) is 10.7. The van der Waals surface area contributed by atoms with Crippen LogP contribution >= 0.6 is 11.6 Å². The van der Waals surface area contributed by atoms with Crippen molar-refractivity contribution in [1.29, 1.82) is 0 Å². The third kappa shape index (κ3) is 6.63. The van der Waals surface area contributed by atoms with E-state index in [1.165, 1.54) is 29.2 Å². The Morgan fingerprint density at radius 3 is 2.54 bits per heavy atom. The van der Waals surface area contributed by atoms with Gasteiger partial charge < -0.3 is 20.6 Å². The number of piperidine rings is 2. The molecule has 5 rings (SSSR count). The Morgan fingerprint density at radius 1 is 1.10 bits per heavy atom. The van der Waals surface area contributed by atoms with Crippen LogP contribution in [-0.2, 0) is 9.59 Å². The van der Waals surface area contributed by atoms with Gasteiger partial charge in [0.05, 0.1) is 11.3 Å². The highest BCUT2D eigenvalue weighted by molar-refractivity contribution is 6.30. The number of aromatic carboxylic acids is 1. The van der Waals surface area contributed by atoms with Crippen molar-refractivity contribution in [2.24, 2.45) is 17.8 Å². The first-order valence-electron chi connectivity index (χ1n) is 13.7. The predicted molar refractivity (Wildman–Crippen MR) is 154 cm³/mol. The molecular formula is C29H32ClN7O4. The normalized spacial score (nSPS) is 21.6. The maximum absolute atomic E-state index is 13.8. The summed E-state index contributed by atoms with van der Waals surface area (Å²) in [4.78, 5) is 40.3. The van der Waals surface area contributed by atoms with Gasteiger partial charge in [-0.15, -0.1) is 5.10 Å². The number of halogens is 1. The number of benzene rings is 2. The SMILES string of the molecule is C[C@@H]1CC(C2CCNCC2)CN(C(=O)/C=C/c2cc(Cl)ccc2-n2cnnn2)[C@@H]1C(=O)Nc1ccc(C(=O)O)cc1.